The van der Waals surface area contributed by atoms with Crippen LogP contribution in [0.1, 0.15) is 31.7 Å². The van der Waals surface area contributed by atoms with Gasteiger partial charge in [0.05, 0.1) is 13.2 Å². The van der Waals surface area contributed by atoms with Crippen LogP contribution in [0.25, 0.3) is 0 Å². The van der Waals surface area contributed by atoms with Gasteiger partial charge in [-0.1, -0.05) is 18.6 Å². The molecule has 0 amide bonds. The normalized spacial score (nSPS) is 18.3. The van der Waals surface area contributed by atoms with Gasteiger partial charge >= 0.3 is 0 Å². The lowest BCUT2D eigenvalue weighted by Crippen LogP contribution is -2.37. The molecule has 0 unspecified atom stereocenters. The topological polar surface area (TPSA) is 29.5 Å². The average molecular weight is 206 g/mol. The van der Waals surface area contributed by atoms with Crippen LogP contribution in [-0.2, 0) is 5.41 Å². The van der Waals surface area contributed by atoms with Crippen LogP contribution in [0.2, 0.25) is 0 Å². The number of aliphatic hydroxyl groups is 1. The number of hydrogen-bond acceptors (Lipinski definition) is 2. The Labute approximate surface area is 90.9 Å². The average Bonchev–Trinajstić information content (AvgIpc) is 2.18. The Kier molecular flexibility index (Phi) is 2.96. The highest BCUT2D eigenvalue weighted by molar-refractivity contribution is 5.35. The molecule has 0 aliphatic heterocycles. The van der Waals surface area contributed by atoms with Crippen LogP contribution >= 0.6 is 0 Å². The first-order valence-corrected chi connectivity index (χ1v) is 5.65. The third kappa shape index (κ3) is 1.86. The van der Waals surface area contributed by atoms with Crippen molar-refractivity contribution in [2.75, 3.05) is 13.2 Å². The molecule has 1 fully saturated rings. The number of rotatable bonds is 4. The van der Waals surface area contributed by atoms with Gasteiger partial charge in [0, 0.05) is 5.41 Å². The van der Waals surface area contributed by atoms with E-state index in [1.807, 2.05) is 19.1 Å². The van der Waals surface area contributed by atoms with E-state index >= 15 is 0 Å². The van der Waals surface area contributed by atoms with Gasteiger partial charge in [-0.2, -0.15) is 0 Å². The molecule has 2 rings (SSSR count). The summed E-state index contributed by atoms with van der Waals surface area (Å²) in [6, 6.07) is 8.14. The van der Waals surface area contributed by atoms with E-state index in [-0.39, 0.29) is 12.0 Å². The number of ether oxygens (including phenoxy) is 1. The first kappa shape index (κ1) is 10.5. The van der Waals surface area contributed by atoms with Gasteiger partial charge in [0.15, 0.2) is 0 Å². The van der Waals surface area contributed by atoms with Crippen LogP contribution in [0.5, 0.6) is 5.75 Å². The molecule has 0 saturated heterocycles. The molecule has 2 heteroatoms. The molecule has 82 valence electrons. The van der Waals surface area contributed by atoms with Crippen molar-refractivity contribution in [2.45, 2.75) is 31.6 Å². The van der Waals surface area contributed by atoms with Crippen molar-refractivity contribution in [2.24, 2.45) is 0 Å². The quantitative estimate of drug-likeness (QED) is 0.820. The van der Waals surface area contributed by atoms with Gasteiger partial charge in [0.2, 0.25) is 0 Å². The minimum Gasteiger partial charge on any atom is -0.494 e. The molecule has 1 N–H and O–H groups in total. The Morgan fingerprint density at radius 3 is 2.73 bits per heavy atom. The third-order valence-electron chi connectivity index (χ3n) is 3.37. The van der Waals surface area contributed by atoms with Gasteiger partial charge in [0.1, 0.15) is 5.75 Å². The molecule has 1 aliphatic rings. The lowest BCUT2D eigenvalue weighted by molar-refractivity contribution is 0.120. The summed E-state index contributed by atoms with van der Waals surface area (Å²) >= 11 is 0. The van der Waals surface area contributed by atoms with E-state index in [2.05, 4.69) is 12.1 Å². The standard InChI is InChI=1S/C13H18O2/c1-2-15-12-6-3-5-11(9-12)13(10-14)7-4-8-13/h3,5-6,9,14H,2,4,7-8,10H2,1H3. The fraction of sp³-hybridized carbons (Fsp3) is 0.538. The van der Waals surface area contributed by atoms with Gasteiger partial charge in [-0.15, -0.1) is 0 Å². The second-order valence-electron chi connectivity index (χ2n) is 4.25. The zero-order valence-electron chi connectivity index (χ0n) is 9.20. The van der Waals surface area contributed by atoms with Crippen molar-refractivity contribution in [1.29, 1.82) is 0 Å². The minimum absolute atomic E-state index is 0.0209. The van der Waals surface area contributed by atoms with Gasteiger partial charge < -0.3 is 9.84 Å². The second-order valence-corrected chi connectivity index (χ2v) is 4.25. The lowest BCUT2D eigenvalue weighted by Gasteiger charge is -2.41. The van der Waals surface area contributed by atoms with E-state index in [1.165, 1.54) is 12.0 Å². The second kappa shape index (κ2) is 4.23. The van der Waals surface area contributed by atoms with Crippen LogP contribution < -0.4 is 4.74 Å². The number of benzene rings is 1. The maximum absolute atomic E-state index is 9.47. The Balaban J connectivity index is 2.23. The summed E-state index contributed by atoms with van der Waals surface area (Å²) in [5, 5.41) is 9.47. The number of hydrogen-bond donors (Lipinski definition) is 1. The first-order chi connectivity index (χ1) is 7.30. The summed E-state index contributed by atoms with van der Waals surface area (Å²) < 4.78 is 5.47. The fourth-order valence-corrected chi connectivity index (χ4v) is 2.22. The molecule has 2 nitrogen and oxygen atoms in total. The van der Waals surface area contributed by atoms with E-state index in [4.69, 9.17) is 4.74 Å². The van der Waals surface area contributed by atoms with E-state index in [0.717, 1.165) is 18.6 Å². The van der Waals surface area contributed by atoms with Crippen molar-refractivity contribution in [1.82, 2.24) is 0 Å². The molecule has 0 atom stereocenters. The van der Waals surface area contributed by atoms with Crippen LogP contribution in [0.15, 0.2) is 24.3 Å². The predicted molar refractivity (Wildman–Crippen MR) is 60.2 cm³/mol. The van der Waals surface area contributed by atoms with Crippen LogP contribution in [0, 0.1) is 0 Å². The lowest BCUT2D eigenvalue weighted by atomic mass is 9.65. The monoisotopic (exact) mass is 206 g/mol. The summed E-state index contributed by atoms with van der Waals surface area (Å²) in [4.78, 5) is 0. The zero-order chi connectivity index (χ0) is 10.7. The van der Waals surface area contributed by atoms with Crippen molar-refractivity contribution in [3.8, 4) is 5.75 Å². The van der Waals surface area contributed by atoms with E-state index < -0.39 is 0 Å². The van der Waals surface area contributed by atoms with Crippen LogP contribution in [0.3, 0.4) is 0 Å². The molecule has 1 saturated carbocycles. The Bertz CT molecular complexity index is 324. The molecule has 0 radical (unpaired) electrons. The summed E-state index contributed by atoms with van der Waals surface area (Å²) in [6.07, 6.45) is 3.41. The van der Waals surface area contributed by atoms with Crippen LogP contribution in [0.4, 0.5) is 0 Å². The molecule has 1 aromatic rings. The summed E-state index contributed by atoms with van der Waals surface area (Å²) in [5.74, 6) is 0.912. The van der Waals surface area contributed by atoms with E-state index in [9.17, 15) is 5.11 Å². The molecule has 0 spiro atoms. The van der Waals surface area contributed by atoms with Crippen molar-refractivity contribution < 1.29 is 9.84 Å². The van der Waals surface area contributed by atoms with Crippen molar-refractivity contribution in [3.05, 3.63) is 29.8 Å². The highest BCUT2D eigenvalue weighted by Crippen LogP contribution is 2.43. The summed E-state index contributed by atoms with van der Waals surface area (Å²) in [6.45, 7) is 2.93. The van der Waals surface area contributed by atoms with Gasteiger partial charge in [0.25, 0.3) is 0 Å². The van der Waals surface area contributed by atoms with Crippen LogP contribution in [-0.4, -0.2) is 18.3 Å². The molecule has 0 aromatic heterocycles. The molecule has 0 bridgehead atoms. The van der Waals surface area contributed by atoms with Crippen molar-refractivity contribution in [3.63, 3.8) is 0 Å². The summed E-state index contributed by atoms with van der Waals surface area (Å²) in [7, 11) is 0. The molecule has 1 aliphatic carbocycles. The van der Waals surface area contributed by atoms with Gasteiger partial charge in [-0.05, 0) is 37.5 Å². The maximum atomic E-state index is 9.47. The highest BCUT2D eigenvalue weighted by atomic mass is 16.5. The maximum Gasteiger partial charge on any atom is 0.119 e. The Morgan fingerprint density at radius 2 is 2.20 bits per heavy atom. The Morgan fingerprint density at radius 1 is 1.40 bits per heavy atom. The largest absolute Gasteiger partial charge is 0.494 e. The zero-order valence-corrected chi connectivity index (χ0v) is 9.20. The van der Waals surface area contributed by atoms with E-state index in [0.29, 0.717) is 6.61 Å². The van der Waals surface area contributed by atoms with E-state index in [1.54, 1.807) is 0 Å². The molecular formula is C13H18O2. The first-order valence-electron chi connectivity index (χ1n) is 5.65. The molecular weight excluding hydrogens is 188 g/mol. The summed E-state index contributed by atoms with van der Waals surface area (Å²) in [5.41, 5.74) is 1.25. The van der Waals surface area contributed by atoms with Gasteiger partial charge in [-0.3, -0.25) is 0 Å². The predicted octanol–water partition coefficient (Wildman–Crippen LogP) is 2.50. The molecule has 1 aromatic carbocycles. The van der Waals surface area contributed by atoms with Gasteiger partial charge in [-0.25, -0.2) is 0 Å². The highest BCUT2D eigenvalue weighted by Gasteiger charge is 2.38. The number of aliphatic hydroxyl groups excluding tert-OH is 1. The molecule has 15 heavy (non-hydrogen) atoms. The minimum atomic E-state index is 0.0209. The third-order valence-corrected chi connectivity index (χ3v) is 3.37. The SMILES string of the molecule is CCOc1cccc(C2(CO)CCC2)c1. The fourth-order valence-electron chi connectivity index (χ4n) is 2.22. The Hall–Kier alpha value is -1.02. The smallest absolute Gasteiger partial charge is 0.119 e. The molecule has 0 heterocycles. The van der Waals surface area contributed by atoms with Crippen molar-refractivity contribution >= 4 is 0 Å².